The van der Waals surface area contributed by atoms with Gasteiger partial charge in [0.15, 0.2) is 5.78 Å². The maximum atomic E-state index is 13.0. The highest BCUT2D eigenvalue weighted by molar-refractivity contribution is 6.30. The number of rotatable bonds is 9. The summed E-state index contributed by atoms with van der Waals surface area (Å²) < 4.78 is 5.18. The van der Waals surface area contributed by atoms with Gasteiger partial charge in [0.25, 0.3) is 0 Å². The minimum absolute atomic E-state index is 0.0996. The minimum atomic E-state index is -0.897. The quantitative estimate of drug-likeness (QED) is 0.203. The summed E-state index contributed by atoms with van der Waals surface area (Å²) in [5, 5.41) is 0.516. The van der Waals surface area contributed by atoms with Gasteiger partial charge in [-0.2, -0.15) is 0 Å². The zero-order valence-corrected chi connectivity index (χ0v) is 19.5. The van der Waals surface area contributed by atoms with Gasteiger partial charge >= 0.3 is 11.9 Å². The Labute approximate surface area is 199 Å². The Morgan fingerprint density at radius 3 is 2.24 bits per heavy atom. The number of halogens is 1. The highest BCUT2D eigenvalue weighted by atomic mass is 35.5. The molecule has 0 bridgehead atoms. The van der Waals surface area contributed by atoms with E-state index in [9.17, 15) is 14.4 Å². The maximum absolute atomic E-state index is 13.0. The molecule has 0 saturated carbocycles. The van der Waals surface area contributed by atoms with Crippen LogP contribution >= 0.6 is 11.6 Å². The van der Waals surface area contributed by atoms with Crippen LogP contribution in [-0.2, 0) is 14.3 Å². The van der Waals surface area contributed by atoms with E-state index in [4.69, 9.17) is 16.3 Å². The number of Topliss-reactive ketones (excluding diaryl/α,β-unsaturated/α-hetero) is 1. The summed E-state index contributed by atoms with van der Waals surface area (Å²) in [6, 6.07) is 23.7. The number of aryl methyl sites for hydroxylation is 1. The lowest BCUT2D eigenvalue weighted by molar-refractivity contribution is -0.160. The Kier molecular flexibility index (Phi) is 8.56. The second-order valence-electron chi connectivity index (χ2n) is 8.24. The molecule has 3 aromatic rings. The van der Waals surface area contributed by atoms with Crippen LogP contribution in [0, 0.1) is 6.92 Å². The van der Waals surface area contributed by atoms with Crippen molar-refractivity contribution < 1.29 is 19.1 Å². The molecular formula is C28H27ClO4. The van der Waals surface area contributed by atoms with E-state index < -0.39 is 17.9 Å². The van der Waals surface area contributed by atoms with Crippen LogP contribution in [0.25, 0.3) is 0 Å². The van der Waals surface area contributed by atoms with Crippen LogP contribution in [0.3, 0.4) is 0 Å². The number of hydrogen-bond acceptors (Lipinski definition) is 4. The van der Waals surface area contributed by atoms with Gasteiger partial charge in [-0.1, -0.05) is 84.8 Å². The molecule has 4 nitrogen and oxygen atoms in total. The van der Waals surface area contributed by atoms with Crippen molar-refractivity contribution >= 4 is 29.3 Å². The summed E-state index contributed by atoms with van der Waals surface area (Å²) in [5.41, 5.74) is 3.18. The molecule has 2 unspecified atom stereocenters. The fourth-order valence-electron chi connectivity index (χ4n) is 3.67. The second-order valence-corrected chi connectivity index (χ2v) is 8.68. The Balaban J connectivity index is 1.68. The molecule has 3 aromatic carbocycles. The molecule has 0 aliphatic rings. The van der Waals surface area contributed by atoms with Crippen molar-refractivity contribution in [3.63, 3.8) is 0 Å². The molecule has 2 atom stereocenters. The number of carbonyl (C=O) groups excluding carboxylic acids is 3. The van der Waals surface area contributed by atoms with E-state index in [0.29, 0.717) is 22.6 Å². The highest BCUT2D eigenvalue weighted by Crippen LogP contribution is 2.26. The average molecular weight is 463 g/mol. The standard InChI is InChI=1S/C28H27ClO4/c1-19-7-6-10-23(17-19)26(30)18-25(22-12-14-24(29)15-13-22)28(32)33-27(31)16-11-20(2)21-8-4-3-5-9-21/h3-10,12-15,17,20,25H,11,16,18H2,1-2H3. The number of ketones is 1. The summed E-state index contributed by atoms with van der Waals surface area (Å²) in [4.78, 5) is 38.3. The molecule has 0 radical (unpaired) electrons. The first-order valence-electron chi connectivity index (χ1n) is 11.0. The predicted octanol–water partition coefficient (Wildman–Crippen LogP) is 6.66. The lowest BCUT2D eigenvalue weighted by Gasteiger charge is -2.16. The summed E-state index contributed by atoms with van der Waals surface area (Å²) in [6.45, 7) is 3.93. The highest BCUT2D eigenvalue weighted by Gasteiger charge is 2.28. The first-order chi connectivity index (χ1) is 15.8. The molecule has 3 rings (SSSR count). The number of carbonyl (C=O) groups is 3. The zero-order valence-electron chi connectivity index (χ0n) is 18.8. The molecule has 0 amide bonds. The van der Waals surface area contributed by atoms with Crippen molar-refractivity contribution in [3.05, 3.63) is 106 Å². The van der Waals surface area contributed by atoms with Gasteiger partial charge in [0, 0.05) is 23.4 Å². The van der Waals surface area contributed by atoms with Crippen LogP contribution in [0.5, 0.6) is 0 Å². The van der Waals surface area contributed by atoms with Gasteiger partial charge in [0.1, 0.15) is 0 Å². The van der Waals surface area contributed by atoms with Crippen LogP contribution in [0.4, 0.5) is 0 Å². The topological polar surface area (TPSA) is 60.4 Å². The lowest BCUT2D eigenvalue weighted by atomic mass is 9.91. The third kappa shape index (κ3) is 7.13. The van der Waals surface area contributed by atoms with Crippen LogP contribution in [-0.4, -0.2) is 17.7 Å². The molecule has 0 aliphatic heterocycles. The number of ether oxygens (including phenoxy) is 1. The van der Waals surface area contributed by atoms with Gasteiger partial charge in [-0.05, 0) is 48.6 Å². The third-order valence-electron chi connectivity index (χ3n) is 5.65. The fourth-order valence-corrected chi connectivity index (χ4v) is 3.80. The van der Waals surface area contributed by atoms with Crippen molar-refractivity contribution in [3.8, 4) is 0 Å². The largest absolute Gasteiger partial charge is 0.393 e. The molecule has 170 valence electrons. The summed E-state index contributed by atoms with van der Waals surface area (Å²) in [7, 11) is 0. The summed E-state index contributed by atoms with van der Waals surface area (Å²) >= 11 is 5.98. The lowest BCUT2D eigenvalue weighted by Crippen LogP contribution is -2.22. The van der Waals surface area contributed by atoms with E-state index in [-0.39, 0.29) is 24.5 Å². The third-order valence-corrected chi connectivity index (χ3v) is 5.90. The number of esters is 2. The summed E-state index contributed by atoms with van der Waals surface area (Å²) in [5.74, 6) is -2.25. The predicted molar refractivity (Wildman–Crippen MR) is 130 cm³/mol. The van der Waals surface area contributed by atoms with Gasteiger partial charge in [-0.15, -0.1) is 0 Å². The molecule has 33 heavy (non-hydrogen) atoms. The van der Waals surface area contributed by atoms with Crippen molar-refractivity contribution in [1.29, 1.82) is 0 Å². The normalized spacial score (nSPS) is 12.6. The second kappa shape index (κ2) is 11.6. The first kappa shape index (κ1) is 24.4. The Bertz CT molecular complexity index is 1110. The monoisotopic (exact) mass is 462 g/mol. The van der Waals surface area contributed by atoms with E-state index in [0.717, 1.165) is 11.1 Å². The van der Waals surface area contributed by atoms with Gasteiger partial charge in [-0.3, -0.25) is 14.4 Å². The van der Waals surface area contributed by atoms with E-state index in [1.807, 2.05) is 50.2 Å². The molecule has 0 aliphatic carbocycles. The molecule has 0 heterocycles. The van der Waals surface area contributed by atoms with Gasteiger partial charge in [-0.25, -0.2) is 0 Å². The molecular weight excluding hydrogens is 436 g/mol. The fraction of sp³-hybridized carbons (Fsp3) is 0.250. The van der Waals surface area contributed by atoms with Crippen LogP contribution in [0.1, 0.15) is 65.1 Å². The van der Waals surface area contributed by atoms with Gasteiger partial charge in [0.05, 0.1) is 5.92 Å². The molecule has 0 spiro atoms. The van der Waals surface area contributed by atoms with Crippen LogP contribution in [0.15, 0.2) is 78.9 Å². The van der Waals surface area contributed by atoms with E-state index >= 15 is 0 Å². The molecule has 0 N–H and O–H groups in total. The van der Waals surface area contributed by atoms with Gasteiger partial charge in [0.2, 0.25) is 0 Å². The van der Waals surface area contributed by atoms with E-state index in [1.54, 1.807) is 42.5 Å². The SMILES string of the molecule is Cc1cccc(C(=O)CC(C(=O)OC(=O)CCC(C)c2ccccc2)c2ccc(Cl)cc2)c1. The smallest absolute Gasteiger partial charge is 0.321 e. The zero-order chi connectivity index (χ0) is 23.8. The van der Waals surface area contributed by atoms with Crippen LogP contribution in [0.2, 0.25) is 5.02 Å². The Hall–Kier alpha value is -3.24. The van der Waals surface area contributed by atoms with Crippen LogP contribution < -0.4 is 0 Å². The molecule has 5 heteroatoms. The van der Waals surface area contributed by atoms with E-state index in [1.165, 1.54) is 0 Å². The maximum Gasteiger partial charge on any atom is 0.321 e. The molecule has 0 fully saturated rings. The van der Waals surface area contributed by atoms with Crippen molar-refractivity contribution in [2.45, 2.75) is 44.9 Å². The van der Waals surface area contributed by atoms with Crippen molar-refractivity contribution in [2.24, 2.45) is 0 Å². The minimum Gasteiger partial charge on any atom is -0.393 e. The number of benzene rings is 3. The Morgan fingerprint density at radius 1 is 0.879 bits per heavy atom. The number of hydrogen-bond donors (Lipinski definition) is 0. The van der Waals surface area contributed by atoms with E-state index in [2.05, 4.69) is 0 Å². The first-order valence-corrected chi connectivity index (χ1v) is 11.4. The van der Waals surface area contributed by atoms with Gasteiger partial charge < -0.3 is 4.74 Å². The van der Waals surface area contributed by atoms with Crippen molar-refractivity contribution in [1.82, 2.24) is 0 Å². The van der Waals surface area contributed by atoms with Crippen molar-refractivity contribution in [2.75, 3.05) is 0 Å². The molecule has 0 aromatic heterocycles. The summed E-state index contributed by atoms with van der Waals surface area (Å²) in [6.07, 6.45) is 0.572. The molecule has 0 saturated heterocycles. The average Bonchev–Trinajstić information content (AvgIpc) is 2.82. The Morgan fingerprint density at radius 2 is 1.58 bits per heavy atom.